The second-order valence-electron chi connectivity index (χ2n) is 2.81. The van der Waals surface area contributed by atoms with Gasteiger partial charge in [-0.1, -0.05) is 12.1 Å². The lowest BCUT2D eigenvalue weighted by molar-refractivity contribution is 0.170. The van der Waals surface area contributed by atoms with Gasteiger partial charge in [-0.15, -0.1) is 0 Å². The van der Waals surface area contributed by atoms with E-state index >= 15 is 0 Å². The van der Waals surface area contributed by atoms with Crippen LogP contribution in [-0.4, -0.2) is 11.2 Å². The van der Waals surface area contributed by atoms with Crippen molar-refractivity contribution in [2.75, 3.05) is 0 Å². The maximum absolute atomic E-state index is 8.90. The van der Waals surface area contributed by atoms with Crippen LogP contribution < -0.4 is 4.74 Å². The van der Waals surface area contributed by atoms with E-state index in [0.717, 1.165) is 11.3 Å². The van der Waals surface area contributed by atoms with Gasteiger partial charge in [0.1, 0.15) is 5.75 Å². The van der Waals surface area contributed by atoms with E-state index in [4.69, 9.17) is 9.84 Å². The number of hydrogen-bond acceptors (Lipinski definition) is 2. The van der Waals surface area contributed by atoms with E-state index in [0.29, 0.717) is 0 Å². The van der Waals surface area contributed by atoms with Gasteiger partial charge in [0, 0.05) is 0 Å². The van der Waals surface area contributed by atoms with Crippen molar-refractivity contribution in [1.29, 1.82) is 0 Å². The molecule has 0 bridgehead atoms. The van der Waals surface area contributed by atoms with Gasteiger partial charge in [-0.2, -0.15) is 0 Å². The highest BCUT2D eigenvalue weighted by molar-refractivity contribution is 5.27. The van der Waals surface area contributed by atoms with Crippen LogP contribution in [0.3, 0.4) is 0 Å². The summed E-state index contributed by atoms with van der Waals surface area (Å²) in [6, 6.07) is 7.68. The van der Waals surface area contributed by atoms with Gasteiger partial charge in [0.15, 0.2) is 6.61 Å². The minimum Gasteiger partial charge on any atom is -0.484 e. The third kappa shape index (κ3) is 2.93. The van der Waals surface area contributed by atoms with Gasteiger partial charge in [-0.3, -0.25) is 0 Å². The van der Waals surface area contributed by atoms with Crippen LogP contribution in [0.15, 0.2) is 24.3 Å². The molecule has 2 heteroatoms. The van der Waals surface area contributed by atoms with E-state index in [1.54, 1.807) is 6.92 Å². The predicted molar refractivity (Wildman–Crippen MR) is 47.8 cm³/mol. The third-order valence-corrected chi connectivity index (χ3v) is 1.39. The number of aryl methyl sites for hydroxylation is 1. The third-order valence-electron chi connectivity index (χ3n) is 1.39. The van der Waals surface area contributed by atoms with Crippen LogP contribution in [0.5, 0.6) is 5.75 Å². The van der Waals surface area contributed by atoms with E-state index < -0.39 is 6.10 Å². The van der Waals surface area contributed by atoms with Crippen LogP contribution in [-0.2, 0) is 0 Å². The van der Waals surface area contributed by atoms with Crippen molar-refractivity contribution < 1.29 is 9.84 Å². The van der Waals surface area contributed by atoms with Gasteiger partial charge in [0.2, 0.25) is 0 Å². The largest absolute Gasteiger partial charge is 0.484 e. The summed E-state index contributed by atoms with van der Waals surface area (Å²) in [7, 11) is 0. The normalized spacial score (nSPS) is 12.6. The van der Waals surface area contributed by atoms with Gasteiger partial charge in [-0.25, -0.2) is 0 Å². The van der Waals surface area contributed by atoms with Crippen LogP contribution in [0.25, 0.3) is 0 Å². The summed E-state index contributed by atoms with van der Waals surface area (Å²) in [5, 5.41) is 8.90. The molecule has 0 heterocycles. The average Bonchev–Trinajstić information content (AvgIpc) is 2.01. The standard InChI is InChI=1S/C10H13O2/c1-8-4-3-5-10(6-8)12-7-9(2)11/h3-7,9,11H,1-2H3. The number of aliphatic hydroxyl groups excluding tert-OH is 1. The smallest absolute Gasteiger partial charge is 0.163 e. The average molecular weight is 165 g/mol. The SMILES string of the molecule is Cc1cccc(O[CH]C(C)O)c1. The van der Waals surface area contributed by atoms with Gasteiger partial charge < -0.3 is 9.84 Å². The van der Waals surface area contributed by atoms with Crippen LogP contribution in [0.2, 0.25) is 0 Å². The van der Waals surface area contributed by atoms with E-state index in [1.807, 2.05) is 31.2 Å². The minimum atomic E-state index is -0.537. The number of benzene rings is 1. The maximum Gasteiger partial charge on any atom is 0.163 e. The number of rotatable bonds is 3. The van der Waals surface area contributed by atoms with Crippen molar-refractivity contribution in [3.05, 3.63) is 36.4 Å². The van der Waals surface area contributed by atoms with Crippen molar-refractivity contribution in [3.8, 4) is 5.75 Å². The first-order valence-electron chi connectivity index (χ1n) is 3.93. The molecule has 1 radical (unpaired) electrons. The Morgan fingerprint density at radius 1 is 1.50 bits per heavy atom. The lowest BCUT2D eigenvalue weighted by Crippen LogP contribution is -2.05. The summed E-state index contributed by atoms with van der Waals surface area (Å²) >= 11 is 0. The summed E-state index contributed by atoms with van der Waals surface area (Å²) in [6.07, 6.45) is -0.537. The lowest BCUT2D eigenvalue weighted by Gasteiger charge is -2.06. The molecule has 0 fully saturated rings. The van der Waals surface area contributed by atoms with Crippen molar-refractivity contribution >= 4 is 0 Å². The first-order chi connectivity index (χ1) is 5.68. The van der Waals surface area contributed by atoms with Gasteiger partial charge in [0.25, 0.3) is 0 Å². The van der Waals surface area contributed by atoms with Crippen molar-refractivity contribution in [2.45, 2.75) is 20.0 Å². The van der Waals surface area contributed by atoms with E-state index in [2.05, 4.69) is 0 Å². The zero-order valence-corrected chi connectivity index (χ0v) is 7.32. The zero-order chi connectivity index (χ0) is 8.97. The first-order valence-corrected chi connectivity index (χ1v) is 3.93. The molecule has 65 valence electrons. The fourth-order valence-electron chi connectivity index (χ4n) is 0.866. The Morgan fingerprint density at radius 3 is 2.83 bits per heavy atom. The zero-order valence-electron chi connectivity index (χ0n) is 7.32. The molecule has 1 rings (SSSR count). The summed E-state index contributed by atoms with van der Waals surface area (Å²) in [5.41, 5.74) is 1.14. The monoisotopic (exact) mass is 165 g/mol. The van der Waals surface area contributed by atoms with Crippen LogP contribution >= 0.6 is 0 Å². The predicted octanol–water partition coefficient (Wildman–Crippen LogP) is 1.92. The second-order valence-corrected chi connectivity index (χ2v) is 2.81. The molecule has 12 heavy (non-hydrogen) atoms. The molecule has 1 unspecified atom stereocenters. The molecule has 0 aliphatic carbocycles. The Kier molecular flexibility index (Phi) is 3.11. The Bertz CT molecular complexity index is 243. The molecule has 0 amide bonds. The molecular formula is C10H13O2. The highest BCUT2D eigenvalue weighted by atomic mass is 16.5. The van der Waals surface area contributed by atoms with Gasteiger partial charge in [-0.05, 0) is 31.5 Å². The number of hydrogen-bond donors (Lipinski definition) is 1. The summed E-state index contributed by atoms with van der Waals surface area (Å²) < 4.78 is 5.17. The second kappa shape index (κ2) is 4.12. The summed E-state index contributed by atoms with van der Waals surface area (Å²) in [5.74, 6) is 0.760. The van der Waals surface area contributed by atoms with E-state index in [-0.39, 0.29) is 0 Å². The lowest BCUT2D eigenvalue weighted by atomic mass is 10.2. The summed E-state index contributed by atoms with van der Waals surface area (Å²) in [4.78, 5) is 0. The highest BCUT2D eigenvalue weighted by Crippen LogP contribution is 2.13. The minimum absolute atomic E-state index is 0.537. The number of ether oxygens (including phenoxy) is 1. The molecule has 2 nitrogen and oxygen atoms in total. The molecule has 0 aliphatic heterocycles. The Balaban J connectivity index is 2.52. The van der Waals surface area contributed by atoms with Crippen LogP contribution in [0, 0.1) is 13.5 Å². The molecule has 0 aromatic heterocycles. The number of aliphatic hydroxyl groups is 1. The van der Waals surface area contributed by atoms with Crippen molar-refractivity contribution in [3.63, 3.8) is 0 Å². The highest BCUT2D eigenvalue weighted by Gasteiger charge is 1.98. The fourth-order valence-corrected chi connectivity index (χ4v) is 0.866. The Hall–Kier alpha value is -1.02. The van der Waals surface area contributed by atoms with E-state index in [9.17, 15) is 0 Å². The fraction of sp³-hybridized carbons (Fsp3) is 0.300. The van der Waals surface area contributed by atoms with Crippen molar-refractivity contribution in [1.82, 2.24) is 0 Å². The molecule has 0 saturated heterocycles. The van der Waals surface area contributed by atoms with Crippen LogP contribution in [0.1, 0.15) is 12.5 Å². The maximum atomic E-state index is 8.90. The van der Waals surface area contributed by atoms with Crippen molar-refractivity contribution in [2.24, 2.45) is 0 Å². The Morgan fingerprint density at radius 2 is 2.25 bits per heavy atom. The molecule has 1 N–H and O–H groups in total. The topological polar surface area (TPSA) is 29.5 Å². The molecule has 1 aromatic rings. The molecule has 0 aliphatic rings. The molecule has 0 spiro atoms. The van der Waals surface area contributed by atoms with Gasteiger partial charge >= 0.3 is 0 Å². The first kappa shape index (κ1) is 9.07. The molecular weight excluding hydrogens is 152 g/mol. The van der Waals surface area contributed by atoms with Crippen LogP contribution in [0.4, 0.5) is 0 Å². The molecule has 1 aromatic carbocycles. The van der Waals surface area contributed by atoms with E-state index in [1.165, 1.54) is 6.61 Å². The quantitative estimate of drug-likeness (QED) is 0.741. The molecule has 1 atom stereocenters. The summed E-state index contributed by atoms with van der Waals surface area (Å²) in [6.45, 7) is 5.04. The molecule has 0 saturated carbocycles. The van der Waals surface area contributed by atoms with Gasteiger partial charge in [0.05, 0.1) is 6.10 Å². The Labute approximate surface area is 72.8 Å².